The minimum atomic E-state index is -2.58. The van der Waals surface area contributed by atoms with Crippen LogP contribution in [0.25, 0.3) is 0 Å². The number of fused-ring (bicyclic) bond motifs is 2. The highest BCUT2D eigenvalue weighted by atomic mass is 19.3. The fourth-order valence-electron chi connectivity index (χ4n) is 5.39. The highest BCUT2D eigenvalue weighted by Crippen LogP contribution is 2.40. The van der Waals surface area contributed by atoms with Crippen LogP contribution in [0.1, 0.15) is 67.4 Å². The van der Waals surface area contributed by atoms with Crippen molar-refractivity contribution in [1.82, 2.24) is 24.6 Å². The van der Waals surface area contributed by atoms with Gasteiger partial charge in [-0.25, -0.2) is 13.6 Å². The van der Waals surface area contributed by atoms with Crippen molar-refractivity contribution in [2.75, 3.05) is 45.2 Å². The summed E-state index contributed by atoms with van der Waals surface area (Å²) >= 11 is 0. The van der Waals surface area contributed by atoms with Gasteiger partial charge in [-0.1, -0.05) is 13.8 Å². The van der Waals surface area contributed by atoms with Crippen molar-refractivity contribution in [3.8, 4) is 0 Å². The summed E-state index contributed by atoms with van der Waals surface area (Å²) in [6, 6.07) is 1.84. The largest absolute Gasteiger partial charge is 0.453 e. The van der Waals surface area contributed by atoms with Gasteiger partial charge in [0.1, 0.15) is 0 Å². The first kappa shape index (κ1) is 25.3. The molecule has 0 saturated carbocycles. The number of nitrogens with zero attached hydrogens (tertiary/aromatic N) is 6. The second-order valence-electron chi connectivity index (χ2n) is 9.22. The second kappa shape index (κ2) is 10.5. The number of carbonyl (C=O) groups excluding carboxylic acids is 1. The van der Waals surface area contributed by atoms with Gasteiger partial charge < -0.3 is 19.4 Å². The van der Waals surface area contributed by atoms with Crippen molar-refractivity contribution in [2.45, 2.75) is 65.5 Å². The summed E-state index contributed by atoms with van der Waals surface area (Å²) in [6.45, 7) is 9.21. The standard InChI is InChI=1S/C23H30F2N6O2.C2H6/c1-14-16(21(24)25)11-20-18(26-14)5-4-8-30(20)22-17-13-29(23(32)33-3)10-7-19(17)31(27-22)15-6-9-28(2)12-15;1-2/h11,15,21H,4-10,12-13H2,1-3H3;1-2H3. The normalized spacial score (nSPS) is 19.8. The zero-order valence-electron chi connectivity index (χ0n) is 21.4. The van der Waals surface area contributed by atoms with Crippen molar-refractivity contribution in [3.63, 3.8) is 0 Å². The molecule has 0 aliphatic carbocycles. The summed E-state index contributed by atoms with van der Waals surface area (Å²) in [5.74, 6) is 0.750. The number of methoxy groups -OCH3 is 1. The molecule has 3 aliphatic heterocycles. The van der Waals surface area contributed by atoms with Crippen LogP contribution in [-0.4, -0.2) is 71.0 Å². The van der Waals surface area contributed by atoms with E-state index >= 15 is 0 Å². The minimum absolute atomic E-state index is 0.0393. The Hall–Kier alpha value is -2.75. The predicted molar refractivity (Wildman–Crippen MR) is 131 cm³/mol. The Labute approximate surface area is 205 Å². The second-order valence-corrected chi connectivity index (χ2v) is 9.22. The molecule has 1 fully saturated rings. The Morgan fingerprint density at radius 1 is 1.20 bits per heavy atom. The van der Waals surface area contributed by atoms with Crippen LogP contribution in [0, 0.1) is 6.92 Å². The number of alkyl halides is 2. The first-order chi connectivity index (χ1) is 16.9. The molecule has 35 heavy (non-hydrogen) atoms. The molecule has 0 aromatic carbocycles. The third-order valence-corrected chi connectivity index (χ3v) is 7.10. The lowest BCUT2D eigenvalue weighted by Gasteiger charge is -2.32. The van der Waals surface area contributed by atoms with E-state index in [1.54, 1.807) is 17.9 Å². The van der Waals surface area contributed by atoms with Crippen LogP contribution in [0.4, 0.5) is 25.1 Å². The van der Waals surface area contributed by atoms with Crippen LogP contribution in [0.2, 0.25) is 0 Å². The van der Waals surface area contributed by atoms with Gasteiger partial charge in [0.05, 0.1) is 31.1 Å². The molecule has 192 valence electrons. The van der Waals surface area contributed by atoms with Gasteiger partial charge >= 0.3 is 6.09 Å². The Morgan fingerprint density at radius 2 is 1.97 bits per heavy atom. The van der Waals surface area contributed by atoms with Crippen molar-refractivity contribution in [2.24, 2.45) is 0 Å². The molecule has 5 heterocycles. The molecule has 2 aromatic rings. The number of ether oxygens (including phenoxy) is 1. The van der Waals surface area contributed by atoms with Crippen molar-refractivity contribution in [1.29, 1.82) is 0 Å². The molecule has 1 amide bonds. The smallest absolute Gasteiger partial charge is 0.409 e. The van der Waals surface area contributed by atoms with Gasteiger partial charge in [0.2, 0.25) is 0 Å². The summed E-state index contributed by atoms with van der Waals surface area (Å²) < 4.78 is 34.5. The molecule has 8 nitrogen and oxygen atoms in total. The van der Waals surface area contributed by atoms with Crippen molar-refractivity contribution < 1.29 is 18.3 Å². The monoisotopic (exact) mass is 490 g/mol. The van der Waals surface area contributed by atoms with Gasteiger partial charge in [0.15, 0.2) is 5.82 Å². The van der Waals surface area contributed by atoms with E-state index in [0.29, 0.717) is 37.4 Å². The number of pyridine rings is 1. The number of aryl methyl sites for hydroxylation is 2. The van der Waals surface area contributed by atoms with Gasteiger partial charge in [-0.05, 0) is 45.8 Å². The van der Waals surface area contributed by atoms with Gasteiger partial charge in [-0.2, -0.15) is 5.10 Å². The third-order valence-electron chi connectivity index (χ3n) is 7.10. The number of amides is 1. The Bertz CT molecular complexity index is 1070. The Kier molecular flexibility index (Phi) is 7.59. The zero-order chi connectivity index (χ0) is 25.3. The number of rotatable bonds is 3. The molecule has 3 aliphatic rings. The first-order valence-electron chi connectivity index (χ1n) is 12.5. The molecule has 0 N–H and O–H groups in total. The molecular formula is C25H36F2N6O2. The molecule has 5 rings (SSSR count). The lowest BCUT2D eigenvalue weighted by Crippen LogP contribution is -2.37. The fraction of sp³-hybridized carbons (Fsp3) is 0.640. The molecule has 0 bridgehead atoms. The van der Waals surface area contributed by atoms with E-state index in [9.17, 15) is 13.6 Å². The quantitative estimate of drug-likeness (QED) is 0.625. The highest BCUT2D eigenvalue weighted by Gasteiger charge is 2.35. The van der Waals surface area contributed by atoms with Crippen LogP contribution in [0.3, 0.4) is 0 Å². The maximum absolute atomic E-state index is 13.7. The van der Waals surface area contributed by atoms with E-state index in [1.807, 2.05) is 18.7 Å². The number of halogens is 2. The van der Waals surface area contributed by atoms with Crippen LogP contribution in [-0.2, 0) is 24.1 Å². The Balaban J connectivity index is 0.00000141. The summed E-state index contributed by atoms with van der Waals surface area (Å²) in [5.41, 5.74) is 3.98. The Morgan fingerprint density at radius 3 is 2.63 bits per heavy atom. The van der Waals surface area contributed by atoms with E-state index < -0.39 is 6.43 Å². The number of anilines is 2. The van der Waals surface area contributed by atoms with Gasteiger partial charge in [0, 0.05) is 48.6 Å². The number of carbonyl (C=O) groups is 1. The molecule has 1 unspecified atom stereocenters. The first-order valence-corrected chi connectivity index (χ1v) is 12.5. The highest BCUT2D eigenvalue weighted by molar-refractivity contribution is 5.71. The SMILES string of the molecule is CC.COC(=O)N1CCc2c(c(N3CCCc4nc(C)c(C(F)F)cc43)nn2C2CCN(C)C2)C1. The zero-order valence-corrected chi connectivity index (χ0v) is 21.4. The van der Waals surface area contributed by atoms with Gasteiger partial charge in [-0.15, -0.1) is 0 Å². The van der Waals surface area contributed by atoms with Crippen LogP contribution >= 0.6 is 0 Å². The molecule has 2 aromatic heterocycles. The topological polar surface area (TPSA) is 66.7 Å². The van der Waals surface area contributed by atoms with E-state index in [-0.39, 0.29) is 17.7 Å². The van der Waals surface area contributed by atoms with Crippen LogP contribution in [0.5, 0.6) is 0 Å². The average Bonchev–Trinajstić information content (AvgIpc) is 3.46. The molecule has 1 atom stereocenters. The van der Waals surface area contributed by atoms with Crippen LogP contribution in [0.15, 0.2) is 6.07 Å². The lowest BCUT2D eigenvalue weighted by atomic mass is 10.0. The summed E-state index contributed by atoms with van der Waals surface area (Å²) in [4.78, 5) is 22.8. The summed E-state index contributed by atoms with van der Waals surface area (Å²) in [5, 5.41) is 5.07. The van der Waals surface area contributed by atoms with E-state index in [2.05, 4.69) is 21.6 Å². The maximum Gasteiger partial charge on any atom is 0.409 e. The molecule has 10 heteroatoms. The number of hydrogen-bond acceptors (Lipinski definition) is 6. The number of aromatic nitrogens is 3. The summed E-state index contributed by atoms with van der Waals surface area (Å²) in [6.07, 6.45) is 0.367. The molecular weight excluding hydrogens is 454 g/mol. The van der Waals surface area contributed by atoms with Crippen molar-refractivity contribution in [3.05, 3.63) is 34.3 Å². The van der Waals surface area contributed by atoms with E-state index in [4.69, 9.17) is 9.84 Å². The van der Waals surface area contributed by atoms with Gasteiger partial charge in [-0.3, -0.25) is 9.67 Å². The number of hydrogen-bond donors (Lipinski definition) is 0. The fourth-order valence-corrected chi connectivity index (χ4v) is 5.39. The van der Waals surface area contributed by atoms with Crippen molar-refractivity contribution >= 4 is 17.6 Å². The number of likely N-dealkylation sites (tertiary alicyclic amines) is 1. The average molecular weight is 491 g/mol. The van der Waals surface area contributed by atoms with E-state index in [1.165, 1.54) is 7.11 Å². The van der Waals surface area contributed by atoms with Gasteiger partial charge in [0.25, 0.3) is 6.43 Å². The molecule has 0 radical (unpaired) electrons. The lowest BCUT2D eigenvalue weighted by molar-refractivity contribution is 0.118. The third kappa shape index (κ3) is 4.72. The van der Waals surface area contributed by atoms with E-state index in [0.717, 1.165) is 55.1 Å². The minimum Gasteiger partial charge on any atom is -0.453 e. The number of likely N-dealkylation sites (N-methyl/N-ethyl adjacent to an activating group) is 1. The molecule has 0 spiro atoms. The summed E-state index contributed by atoms with van der Waals surface area (Å²) in [7, 11) is 3.49. The molecule has 1 saturated heterocycles. The maximum atomic E-state index is 13.7. The predicted octanol–water partition coefficient (Wildman–Crippen LogP) is 4.64. The van der Waals surface area contributed by atoms with Crippen LogP contribution < -0.4 is 4.90 Å².